The fourth-order valence-electron chi connectivity index (χ4n) is 10.9. The van der Waals surface area contributed by atoms with Gasteiger partial charge in [-0.15, -0.1) is 0 Å². The minimum Gasteiger partial charge on any atom is -0.459 e. The molecule has 2 N–H and O–H groups in total. The number of carbonyl (C=O) groups is 4. The number of aliphatic hydroxyl groups excluding tert-OH is 1. The van der Waals surface area contributed by atoms with Crippen molar-refractivity contribution in [1.29, 1.82) is 0 Å². The van der Waals surface area contributed by atoms with Crippen molar-refractivity contribution in [3.63, 3.8) is 0 Å². The van der Waals surface area contributed by atoms with E-state index < -0.39 is 105 Å². The Labute approximate surface area is 231 Å². The van der Waals surface area contributed by atoms with Crippen LogP contribution in [-0.2, 0) is 42.9 Å². The van der Waals surface area contributed by atoms with Gasteiger partial charge in [0.2, 0.25) is 17.4 Å². The van der Waals surface area contributed by atoms with Crippen molar-refractivity contribution in [3.8, 4) is 0 Å². The molecule has 0 aromatic rings. The van der Waals surface area contributed by atoms with Crippen LogP contribution in [0.25, 0.3) is 0 Å². The summed E-state index contributed by atoms with van der Waals surface area (Å²) in [7, 11) is 0. The molecule has 3 spiro atoms. The van der Waals surface area contributed by atoms with Crippen molar-refractivity contribution in [2.75, 3.05) is 0 Å². The summed E-state index contributed by atoms with van der Waals surface area (Å²) in [6, 6.07) is 0. The second-order valence-electron chi connectivity index (χ2n) is 14.6. The van der Waals surface area contributed by atoms with E-state index in [1.54, 1.807) is 20.8 Å². The molecule has 0 amide bonds. The smallest absolute Gasteiger partial charge is 0.312 e. The molecule has 218 valence electrons. The Morgan fingerprint density at radius 2 is 1.65 bits per heavy atom. The van der Waals surface area contributed by atoms with E-state index in [0.29, 0.717) is 6.42 Å². The quantitative estimate of drug-likeness (QED) is 0.404. The van der Waals surface area contributed by atoms with Crippen molar-refractivity contribution in [2.45, 2.75) is 113 Å². The zero-order valence-corrected chi connectivity index (χ0v) is 23.3. The van der Waals surface area contributed by atoms with Crippen LogP contribution < -0.4 is 0 Å². The van der Waals surface area contributed by atoms with E-state index in [4.69, 9.17) is 23.7 Å². The molecule has 0 aromatic heterocycles. The molecule has 14 atom stereocenters. The molecule has 1 unspecified atom stereocenters. The topological polar surface area (TPSA) is 155 Å². The number of rotatable bonds is 0. The number of aliphatic hydroxyl groups is 2. The van der Waals surface area contributed by atoms with Gasteiger partial charge in [0.1, 0.15) is 24.4 Å². The van der Waals surface area contributed by atoms with E-state index in [1.807, 2.05) is 13.8 Å². The molecule has 2 aliphatic carbocycles. The lowest BCUT2D eigenvalue weighted by Crippen LogP contribution is -2.64. The molecule has 0 aromatic carbocycles. The molecule has 6 aliphatic heterocycles. The summed E-state index contributed by atoms with van der Waals surface area (Å²) in [5.74, 6) is -9.48. The third kappa shape index (κ3) is 2.51. The second kappa shape index (κ2) is 6.99. The van der Waals surface area contributed by atoms with E-state index in [2.05, 4.69) is 0 Å². The number of esters is 2. The number of Topliss-reactive ketones (excluding diaryl/α,β-unsaturated/α-hetero) is 2. The number of hydrogen-bond acceptors (Lipinski definition) is 11. The van der Waals surface area contributed by atoms with Gasteiger partial charge in [-0.2, -0.15) is 0 Å². The van der Waals surface area contributed by atoms with Gasteiger partial charge in [0.25, 0.3) is 0 Å². The number of ether oxygens (including phenoxy) is 5. The molecule has 6 saturated heterocycles. The van der Waals surface area contributed by atoms with Crippen LogP contribution in [0, 0.1) is 40.9 Å². The van der Waals surface area contributed by atoms with Gasteiger partial charge in [0.15, 0.2) is 5.60 Å². The number of fused-ring (bicyclic) bond motifs is 2. The molecule has 8 rings (SSSR count). The number of hydrogen-bond donors (Lipinski definition) is 2. The minimum atomic E-state index is -1.97. The van der Waals surface area contributed by atoms with Gasteiger partial charge in [-0.05, 0) is 40.0 Å². The van der Waals surface area contributed by atoms with Gasteiger partial charge in [-0.3, -0.25) is 19.2 Å². The van der Waals surface area contributed by atoms with Crippen molar-refractivity contribution in [3.05, 3.63) is 0 Å². The lowest BCUT2D eigenvalue weighted by Gasteiger charge is -2.50. The van der Waals surface area contributed by atoms with E-state index in [9.17, 15) is 29.4 Å². The first-order valence-electron chi connectivity index (χ1n) is 14.6. The Bertz CT molecular complexity index is 1290. The maximum atomic E-state index is 14.8. The molecule has 11 nitrogen and oxygen atoms in total. The largest absolute Gasteiger partial charge is 0.459 e. The SMILES string of the molecule is C[C@@H]1C(=O)O[C@H]2[C@@H]1O[C@@]13O[C@@]4(CC[C@]5(C)C(=O)[C@@H](C)[C@H]2C15)C[C@]12OC(=O)C[C@@]1(O)OC(C)(C)[C@@H]2C[C@H](O)[C@H]4C3=O. The molecular weight excluding hydrogens is 524 g/mol. The summed E-state index contributed by atoms with van der Waals surface area (Å²) in [6.45, 7) is 8.91. The number of carbonyl (C=O) groups excluding carboxylic acids is 4. The highest BCUT2D eigenvalue weighted by atomic mass is 16.7. The molecule has 0 radical (unpaired) electrons. The summed E-state index contributed by atoms with van der Waals surface area (Å²) < 4.78 is 31.4. The van der Waals surface area contributed by atoms with Crippen LogP contribution in [0.4, 0.5) is 0 Å². The predicted octanol–water partition coefficient (Wildman–Crippen LogP) is 0.803. The maximum absolute atomic E-state index is 14.8. The second-order valence-corrected chi connectivity index (χ2v) is 14.6. The summed E-state index contributed by atoms with van der Waals surface area (Å²) in [5, 5.41) is 23.6. The Morgan fingerprint density at radius 3 is 2.38 bits per heavy atom. The van der Waals surface area contributed by atoms with Gasteiger partial charge in [0, 0.05) is 35.5 Å². The summed E-state index contributed by atoms with van der Waals surface area (Å²) in [4.78, 5) is 54.2. The lowest BCUT2D eigenvalue weighted by atomic mass is 9.60. The highest BCUT2D eigenvalue weighted by molar-refractivity contribution is 5.97. The Balaban J connectivity index is 1.33. The van der Waals surface area contributed by atoms with Crippen molar-refractivity contribution in [2.24, 2.45) is 40.9 Å². The molecule has 8 fully saturated rings. The zero-order valence-electron chi connectivity index (χ0n) is 23.3. The zero-order chi connectivity index (χ0) is 28.6. The van der Waals surface area contributed by atoms with Gasteiger partial charge in [-0.25, -0.2) is 0 Å². The first-order chi connectivity index (χ1) is 18.6. The van der Waals surface area contributed by atoms with Crippen LogP contribution in [0.15, 0.2) is 0 Å². The Hall–Kier alpha value is -1.92. The normalized spacial score (nSPS) is 60.6. The highest BCUT2D eigenvalue weighted by Gasteiger charge is 2.85. The molecule has 8 aliphatic rings. The van der Waals surface area contributed by atoms with Crippen LogP contribution in [0.3, 0.4) is 0 Å². The Morgan fingerprint density at radius 1 is 0.925 bits per heavy atom. The van der Waals surface area contributed by atoms with E-state index in [0.717, 1.165) is 0 Å². The van der Waals surface area contributed by atoms with Crippen LogP contribution >= 0.6 is 0 Å². The fraction of sp³-hybridized carbons (Fsp3) is 0.862. The van der Waals surface area contributed by atoms with Crippen LogP contribution in [0.1, 0.15) is 66.7 Å². The summed E-state index contributed by atoms with van der Waals surface area (Å²) >= 11 is 0. The van der Waals surface area contributed by atoms with Gasteiger partial charge >= 0.3 is 11.9 Å². The third-order valence-corrected chi connectivity index (χ3v) is 12.4. The predicted molar refractivity (Wildman–Crippen MR) is 130 cm³/mol. The van der Waals surface area contributed by atoms with E-state index in [1.165, 1.54) is 0 Å². The maximum Gasteiger partial charge on any atom is 0.312 e. The molecule has 2 bridgehead atoms. The van der Waals surface area contributed by atoms with Crippen LogP contribution in [0.5, 0.6) is 0 Å². The third-order valence-electron chi connectivity index (χ3n) is 12.4. The van der Waals surface area contributed by atoms with E-state index in [-0.39, 0.29) is 31.5 Å². The van der Waals surface area contributed by atoms with Gasteiger partial charge < -0.3 is 33.9 Å². The molecule has 2 saturated carbocycles. The average Bonchev–Trinajstić information content (AvgIpc) is 3.41. The fourth-order valence-corrected chi connectivity index (χ4v) is 10.9. The molecular formula is C29H36O11. The van der Waals surface area contributed by atoms with Crippen LogP contribution in [-0.4, -0.2) is 80.4 Å². The van der Waals surface area contributed by atoms with Crippen molar-refractivity contribution >= 4 is 23.5 Å². The summed E-state index contributed by atoms with van der Waals surface area (Å²) in [5.41, 5.74) is -4.96. The first kappa shape index (κ1) is 25.8. The first-order valence-corrected chi connectivity index (χ1v) is 14.6. The van der Waals surface area contributed by atoms with Gasteiger partial charge in [-0.1, -0.05) is 13.8 Å². The van der Waals surface area contributed by atoms with E-state index >= 15 is 0 Å². The number of ketones is 2. The lowest BCUT2D eigenvalue weighted by molar-refractivity contribution is -0.335. The van der Waals surface area contributed by atoms with Crippen molar-refractivity contribution in [1.82, 2.24) is 0 Å². The highest BCUT2D eigenvalue weighted by Crippen LogP contribution is 2.72. The molecule has 6 heterocycles. The Kier molecular flexibility index (Phi) is 4.50. The standard InChI is InChI=1S/C29H36O11/c1-11-16-19-18(12(2)23(34)36-19)38-29-20(16)25(5,21(11)32)6-7-26(40-29)10-27-14(8-13(30)17(26)22(29)33)24(3,4)39-28(27,35)9-15(31)37-27/h11-14,16-20,30,35H,6-10H2,1-5H3/t11-,12-,13-,14-,16+,17-,18+,19+,20?,25-,26-,27+,28+,29+/m0/s1. The van der Waals surface area contributed by atoms with Crippen molar-refractivity contribution < 1.29 is 53.1 Å². The van der Waals surface area contributed by atoms with Gasteiger partial charge in [0.05, 0.1) is 29.1 Å². The molecule has 40 heavy (non-hydrogen) atoms. The minimum absolute atomic E-state index is 0.0297. The molecule has 11 heteroatoms. The average molecular weight is 561 g/mol. The van der Waals surface area contributed by atoms with Crippen LogP contribution in [0.2, 0.25) is 0 Å². The monoisotopic (exact) mass is 560 g/mol. The summed E-state index contributed by atoms with van der Waals surface area (Å²) in [6.07, 6.45) is -2.60.